The van der Waals surface area contributed by atoms with Crippen molar-refractivity contribution >= 4 is 28.3 Å². The van der Waals surface area contributed by atoms with Crippen molar-refractivity contribution in [1.29, 1.82) is 0 Å². The van der Waals surface area contributed by atoms with Crippen molar-refractivity contribution in [2.24, 2.45) is 5.92 Å². The number of aliphatic hydroxyl groups is 1. The van der Waals surface area contributed by atoms with Gasteiger partial charge in [0, 0.05) is 25.1 Å². The van der Waals surface area contributed by atoms with E-state index in [0.29, 0.717) is 22.5 Å². The van der Waals surface area contributed by atoms with Gasteiger partial charge in [0.05, 0.1) is 16.2 Å². The molecular weight excluding hydrogens is 386 g/mol. The van der Waals surface area contributed by atoms with E-state index >= 15 is 0 Å². The third-order valence-electron chi connectivity index (χ3n) is 6.21. The Morgan fingerprint density at radius 2 is 1.83 bits per heavy atom. The van der Waals surface area contributed by atoms with Gasteiger partial charge >= 0.3 is 5.69 Å². The van der Waals surface area contributed by atoms with E-state index in [0.717, 1.165) is 42.7 Å². The number of rotatable bonds is 4. The highest BCUT2D eigenvalue weighted by Crippen LogP contribution is 2.41. The van der Waals surface area contributed by atoms with Crippen molar-refractivity contribution in [3.05, 3.63) is 63.5 Å². The summed E-state index contributed by atoms with van der Waals surface area (Å²) in [6.45, 7) is 1.82. The molecule has 0 amide bonds. The van der Waals surface area contributed by atoms with Crippen LogP contribution in [0.25, 0.3) is 16.6 Å². The van der Waals surface area contributed by atoms with E-state index in [2.05, 4.69) is 28.1 Å². The van der Waals surface area contributed by atoms with Crippen LogP contribution in [0.2, 0.25) is 5.02 Å². The van der Waals surface area contributed by atoms with Gasteiger partial charge in [0.1, 0.15) is 5.82 Å². The van der Waals surface area contributed by atoms with Gasteiger partial charge in [-0.05, 0) is 67.3 Å². The van der Waals surface area contributed by atoms with Gasteiger partial charge in [0.25, 0.3) is 0 Å². The molecule has 2 fully saturated rings. The van der Waals surface area contributed by atoms with Gasteiger partial charge in [-0.3, -0.25) is 4.57 Å². The number of anilines is 1. The summed E-state index contributed by atoms with van der Waals surface area (Å²) in [6.07, 6.45) is 4.23. The quantitative estimate of drug-likeness (QED) is 0.704. The zero-order chi connectivity index (χ0) is 20.0. The van der Waals surface area contributed by atoms with Crippen molar-refractivity contribution in [3.63, 3.8) is 0 Å². The van der Waals surface area contributed by atoms with E-state index in [-0.39, 0.29) is 12.3 Å². The first-order chi connectivity index (χ1) is 14.2. The van der Waals surface area contributed by atoms with E-state index in [1.807, 2.05) is 18.2 Å². The Hall–Kier alpha value is -2.37. The number of hydrogen-bond acceptors (Lipinski definition) is 4. The average molecular weight is 410 g/mol. The summed E-state index contributed by atoms with van der Waals surface area (Å²) in [6, 6.07) is 13.8. The lowest BCUT2D eigenvalue weighted by Crippen LogP contribution is -2.37. The SMILES string of the molecule is O=c1nc(N2CCC(CO)CC2)c2ccc(C3CC3)cc2n1-c1ccccc1Cl. The predicted octanol–water partition coefficient (Wildman–Crippen LogP) is 4.13. The van der Waals surface area contributed by atoms with Crippen LogP contribution in [0.5, 0.6) is 0 Å². The van der Waals surface area contributed by atoms with Crippen molar-refractivity contribution in [1.82, 2.24) is 9.55 Å². The highest BCUT2D eigenvalue weighted by molar-refractivity contribution is 6.32. The van der Waals surface area contributed by atoms with Gasteiger partial charge in [0.2, 0.25) is 0 Å². The number of piperidine rings is 1. The second-order valence-corrected chi connectivity index (χ2v) is 8.58. The standard InChI is InChI=1S/C23H24ClN3O2/c24-19-3-1-2-4-20(19)27-21-13-17(16-5-6-16)7-8-18(21)22(25-23(27)29)26-11-9-15(14-28)10-12-26/h1-4,7-8,13,15-16,28H,5-6,9-12,14H2. The Balaban J connectivity index is 1.70. The number of aromatic nitrogens is 2. The summed E-state index contributed by atoms with van der Waals surface area (Å²) >= 11 is 6.44. The Morgan fingerprint density at radius 3 is 2.52 bits per heavy atom. The molecule has 2 heterocycles. The predicted molar refractivity (Wildman–Crippen MR) is 116 cm³/mol. The maximum absolute atomic E-state index is 13.2. The average Bonchev–Trinajstić information content (AvgIpc) is 3.59. The molecule has 2 aromatic carbocycles. The van der Waals surface area contributed by atoms with Gasteiger partial charge < -0.3 is 10.0 Å². The highest BCUT2D eigenvalue weighted by atomic mass is 35.5. The number of halogens is 1. The van der Waals surface area contributed by atoms with Gasteiger partial charge in [-0.1, -0.05) is 29.8 Å². The lowest BCUT2D eigenvalue weighted by Gasteiger charge is -2.32. The molecule has 0 radical (unpaired) electrons. The number of hydrogen-bond donors (Lipinski definition) is 1. The molecule has 0 spiro atoms. The van der Waals surface area contributed by atoms with E-state index in [1.165, 1.54) is 18.4 Å². The zero-order valence-electron chi connectivity index (χ0n) is 16.2. The molecule has 3 aromatic rings. The summed E-state index contributed by atoms with van der Waals surface area (Å²) in [4.78, 5) is 19.9. The molecule has 0 atom stereocenters. The van der Waals surface area contributed by atoms with E-state index in [4.69, 9.17) is 11.6 Å². The zero-order valence-corrected chi connectivity index (χ0v) is 17.0. The van der Waals surface area contributed by atoms with Crippen molar-refractivity contribution in [3.8, 4) is 5.69 Å². The molecule has 1 saturated heterocycles. The van der Waals surface area contributed by atoms with E-state index < -0.39 is 0 Å². The van der Waals surface area contributed by atoms with Crippen LogP contribution in [-0.4, -0.2) is 34.4 Å². The lowest BCUT2D eigenvalue weighted by molar-refractivity contribution is 0.203. The Labute approximate surface area is 174 Å². The molecule has 5 rings (SSSR count). The monoisotopic (exact) mass is 409 g/mol. The smallest absolute Gasteiger partial charge is 0.354 e. The van der Waals surface area contributed by atoms with Gasteiger partial charge in [-0.2, -0.15) is 4.98 Å². The first-order valence-electron chi connectivity index (χ1n) is 10.3. The summed E-state index contributed by atoms with van der Waals surface area (Å²) < 4.78 is 1.65. The first kappa shape index (κ1) is 18.6. The summed E-state index contributed by atoms with van der Waals surface area (Å²) in [5.74, 6) is 1.67. The van der Waals surface area contributed by atoms with Crippen LogP contribution in [0, 0.1) is 5.92 Å². The fourth-order valence-corrected chi connectivity index (χ4v) is 4.55. The normalized spacial score (nSPS) is 17.8. The third-order valence-corrected chi connectivity index (χ3v) is 6.53. The highest BCUT2D eigenvalue weighted by Gasteiger charge is 2.26. The molecule has 1 aliphatic carbocycles. The van der Waals surface area contributed by atoms with Crippen molar-refractivity contribution < 1.29 is 5.11 Å². The van der Waals surface area contributed by atoms with Gasteiger partial charge in [0.15, 0.2) is 0 Å². The molecule has 6 heteroatoms. The molecule has 1 saturated carbocycles. The van der Waals surface area contributed by atoms with E-state index in [1.54, 1.807) is 10.6 Å². The number of nitrogens with zero attached hydrogens (tertiary/aromatic N) is 3. The van der Waals surface area contributed by atoms with Crippen LogP contribution in [0.4, 0.5) is 5.82 Å². The number of benzene rings is 2. The molecule has 1 N–H and O–H groups in total. The molecule has 0 bridgehead atoms. The summed E-state index contributed by atoms with van der Waals surface area (Å²) in [7, 11) is 0. The molecule has 1 aromatic heterocycles. The van der Waals surface area contributed by atoms with Crippen LogP contribution in [-0.2, 0) is 0 Å². The van der Waals surface area contributed by atoms with Crippen LogP contribution >= 0.6 is 11.6 Å². The topological polar surface area (TPSA) is 58.4 Å². The minimum atomic E-state index is -0.308. The lowest BCUT2D eigenvalue weighted by atomic mass is 9.97. The molecule has 150 valence electrons. The first-order valence-corrected chi connectivity index (χ1v) is 10.7. The molecular formula is C23H24ClN3O2. The minimum absolute atomic E-state index is 0.223. The fourth-order valence-electron chi connectivity index (χ4n) is 4.33. The summed E-state index contributed by atoms with van der Waals surface area (Å²) in [5, 5.41) is 10.9. The van der Waals surface area contributed by atoms with Gasteiger partial charge in [-0.25, -0.2) is 4.79 Å². The third kappa shape index (κ3) is 3.43. The van der Waals surface area contributed by atoms with Crippen LogP contribution in [0.1, 0.15) is 37.2 Å². The van der Waals surface area contributed by atoms with Crippen LogP contribution in [0.15, 0.2) is 47.3 Å². The largest absolute Gasteiger partial charge is 0.396 e. The maximum atomic E-state index is 13.2. The molecule has 2 aliphatic rings. The second-order valence-electron chi connectivity index (χ2n) is 8.17. The van der Waals surface area contributed by atoms with Crippen LogP contribution < -0.4 is 10.6 Å². The fraction of sp³-hybridized carbons (Fsp3) is 0.391. The molecule has 1 aliphatic heterocycles. The Kier molecular flexibility index (Phi) is 4.80. The minimum Gasteiger partial charge on any atom is -0.396 e. The maximum Gasteiger partial charge on any atom is 0.354 e. The van der Waals surface area contributed by atoms with Crippen molar-refractivity contribution in [2.45, 2.75) is 31.6 Å². The molecule has 5 nitrogen and oxygen atoms in total. The number of aliphatic hydroxyl groups excluding tert-OH is 1. The molecule has 29 heavy (non-hydrogen) atoms. The number of para-hydroxylation sites is 1. The number of fused-ring (bicyclic) bond motifs is 1. The Morgan fingerprint density at radius 1 is 1.07 bits per heavy atom. The van der Waals surface area contributed by atoms with Gasteiger partial charge in [-0.15, -0.1) is 0 Å². The van der Waals surface area contributed by atoms with Crippen LogP contribution in [0.3, 0.4) is 0 Å². The molecule has 0 unspecified atom stereocenters. The van der Waals surface area contributed by atoms with Crippen molar-refractivity contribution in [2.75, 3.05) is 24.6 Å². The summed E-state index contributed by atoms with van der Waals surface area (Å²) in [5.41, 5.74) is 2.49. The second kappa shape index (κ2) is 7.47. The Bertz CT molecular complexity index is 1110. The van der Waals surface area contributed by atoms with E-state index in [9.17, 15) is 9.90 Å².